The minimum Gasteiger partial charge on any atom is -0.332 e. The first-order chi connectivity index (χ1) is 9.40. The summed E-state index contributed by atoms with van der Waals surface area (Å²) >= 11 is 8.40. The van der Waals surface area contributed by atoms with Gasteiger partial charge in [-0.05, 0) is 22.0 Å². The number of nitrogens with one attached hydrogen (secondary N) is 1. The summed E-state index contributed by atoms with van der Waals surface area (Å²) in [6, 6.07) is 1.71. The Kier molecular flexibility index (Phi) is 4.09. The maximum absolute atomic E-state index is 13.6. The Morgan fingerprint density at radius 2 is 2.00 bits per heavy atom. The van der Waals surface area contributed by atoms with E-state index in [2.05, 4.69) is 31.2 Å². The van der Waals surface area contributed by atoms with Crippen LogP contribution >= 0.6 is 27.5 Å². The van der Waals surface area contributed by atoms with Crippen LogP contribution in [0.15, 0.2) is 22.9 Å². The van der Waals surface area contributed by atoms with Crippen molar-refractivity contribution in [3.05, 3.63) is 49.8 Å². The third kappa shape index (κ3) is 2.83. The molecule has 0 bridgehead atoms. The van der Waals surface area contributed by atoms with E-state index in [1.807, 2.05) is 0 Å². The molecule has 10 heteroatoms. The summed E-state index contributed by atoms with van der Waals surface area (Å²) in [6.45, 7) is 0. The van der Waals surface area contributed by atoms with Gasteiger partial charge in [0, 0.05) is 6.07 Å². The van der Waals surface area contributed by atoms with E-state index in [0.29, 0.717) is 0 Å². The standard InChI is InChI=1S/C10H4BrClF2N4O2/c11-4-1-6(14)7(2-5(4)13)17-10-8(18(19)20)9(12)15-3-16-10/h1-3H,(H,15,16,17). The summed E-state index contributed by atoms with van der Waals surface area (Å²) in [5.74, 6) is -1.89. The highest BCUT2D eigenvalue weighted by molar-refractivity contribution is 9.10. The van der Waals surface area contributed by atoms with Gasteiger partial charge in [0.1, 0.15) is 18.0 Å². The lowest BCUT2D eigenvalue weighted by Crippen LogP contribution is -2.03. The fraction of sp³-hybridized carbons (Fsp3) is 0. The van der Waals surface area contributed by atoms with Gasteiger partial charge in [-0.2, -0.15) is 0 Å². The van der Waals surface area contributed by atoms with Crippen molar-refractivity contribution in [2.24, 2.45) is 0 Å². The van der Waals surface area contributed by atoms with Gasteiger partial charge in [0.15, 0.2) is 0 Å². The number of rotatable bonds is 3. The molecular formula is C10H4BrClF2N4O2. The number of hydrogen-bond acceptors (Lipinski definition) is 5. The van der Waals surface area contributed by atoms with Crippen LogP contribution in [0.3, 0.4) is 0 Å². The Labute approximate surface area is 124 Å². The first-order valence-electron chi connectivity index (χ1n) is 4.96. The van der Waals surface area contributed by atoms with Gasteiger partial charge in [0.25, 0.3) is 0 Å². The van der Waals surface area contributed by atoms with E-state index in [0.717, 1.165) is 18.5 Å². The molecule has 0 aliphatic rings. The van der Waals surface area contributed by atoms with Crippen LogP contribution < -0.4 is 5.32 Å². The van der Waals surface area contributed by atoms with Crippen molar-refractivity contribution in [2.75, 3.05) is 5.32 Å². The zero-order chi connectivity index (χ0) is 14.9. The molecule has 0 unspecified atom stereocenters. The normalized spacial score (nSPS) is 10.4. The van der Waals surface area contributed by atoms with E-state index >= 15 is 0 Å². The number of anilines is 2. The molecule has 0 fully saturated rings. The second kappa shape index (κ2) is 5.63. The lowest BCUT2D eigenvalue weighted by atomic mass is 10.3. The van der Waals surface area contributed by atoms with E-state index in [1.165, 1.54) is 0 Å². The predicted molar refractivity (Wildman–Crippen MR) is 71.0 cm³/mol. The van der Waals surface area contributed by atoms with E-state index in [4.69, 9.17) is 11.6 Å². The Balaban J connectivity index is 2.48. The largest absolute Gasteiger partial charge is 0.348 e. The van der Waals surface area contributed by atoms with E-state index in [-0.39, 0.29) is 16.0 Å². The molecule has 1 heterocycles. The lowest BCUT2D eigenvalue weighted by Gasteiger charge is -2.08. The Morgan fingerprint density at radius 1 is 1.30 bits per heavy atom. The van der Waals surface area contributed by atoms with Crippen molar-refractivity contribution >= 4 is 44.7 Å². The zero-order valence-corrected chi connectivity index (χ0v) is 11.7. The molecule has 1 N–H and O–H groups in total. The average Bonchev–Trinajstić information content (AvgIpc) is 2.35. The fourth-order valence-corrected chi connectivity index (χ4v) is 1.87. The monoisotopic (exact) mass is 364 g/mol. The summed E-state index contributed by atoms with van der Waals surface area (Å²) < 4.78 is 26.9. The van der Waals surface area contributed by atoms with Crippen LogP contribution in [0, 0.1) is 21.7 Å². The second-order valence-corrected chi connectivity index (χ2v) is 4.70. The highest BCUT2D eigenvalue weighted by Gasteiger charge is 2.22. The molecule has 2 aromatic rings. The first kappa shape index (κ1) is 14.5. The van der Waals surface area contributed by atoms with Crippen LogP contribution in [-0.4, -0.2) is 14.9 Å². The minimum atomic E-state index is -0.822. The molecule has 1 aromatic carbocycles. The highest BCUT2D eigenvalue weighted by Crippen LogP contribution is 2.32. The molecule has 0 radical (unpaired) electrons. The molecule has 0 aliphatic heterocycles. The molecule has 1 aromatic heterocycles. The smallest absolute Gasteiger partial charge is 0.332 e. The van der Waals surface area contributed by atoms with Gasteiger partial charge in [-0.3, -0.25) is 10.1 Å². The van der Waals surface area contributed by atoms with Crippen LogP contribution in [0.2, 0.25) is 5.15 Å². The number of aromatic nitrogens is 2. The van der Waals surface area contributed by atoms with Crippen LogP contribution in [0.4, 0.5) is 26.0 Å². The quantitative estimate of drug-likeness (QED) is 0.387. The van der Waals surface area contributed by atoms with Crippen molar-refractivity contribution in [3.63, 3.8) is 0 Å². The van der Waals surface area contributed by atoms with Crippen molar-refractivity contribution in [1.82, 2.24) is 9.97 Å². The molecule has 0 saturated heterocycles. The van der Waals surface area contributed by atoms with Gasteiger partial charge >= 0.3 is 5.69 Å². The van der Waals surface area contributed by atoms with Crippen LogP contribution in [-0.2, 0) is 0 Å². The van der Waals surface area contributed by atoms with E-state index in [1.54, 1.807) is 0 Å². The molecule has 2 rings (SSSR count). The molecule has 0 amide bonds. The van der Waals surface area contributed by atoms with Gasteiger partial charge in [0.05, 0.1) is 15.1 Å². The predicted octanol–water partition coefficient (Wildman–Crippen LogP) is 3.82. The number of nitrogens with zero attached hydrogens (tertiary/aromatic N) is 3. The summed E-state index contributed by atoms with van der Waals surface area (Å²) in [7, 11) is 0. The second-order valence-electron chi connectivity index (χ2n) is 3.49. The molecule has 0 spiro atoms. The van der Waals surface area contributed by atoms with Crippen LogP contribution in [0.25, 0.3) is 0 Å². The van der Waals surface area contributed by atoms with Crippen molar-refractivity contribution < 1.29 is 13.7 Å². The summed E-state index contributed by atoms with van der Waals surface area (Å²) in [5, 5.41) is 12.8. The van der Waals surface area contributed by atoms with E-state index < -0.39 is 27.4 Å². The van der Waals surface area contributed by atoms with Crippen molar-refractivity contribution in [2.45, 2.75) is 0 Å². The van der Waals surface area contributed by atoms with Crippen molar-refractivity contribution in [1.29, 1.82) is 0 Å². The Hall–Kier alpha value is -1.87. The summed E-state index contributed by atoms with van der Waals surface area (Å²) in [4.78, 5) is 17.1. The average molecular weight is 366 g/mol. The molecule has 0 aliphatic carbocycles. The third-order valence-corrected chi connectivity index (χ3v) is 3.11. The molecule has 6 nitrogen and oxygen atoms in total. The van der Waals surface area contributed by atoms with Crippen LogP contribution in [0.1, 0.15) is 0 Å². The zero-order valence-electron chi connectivity index (χ0n) is 9.40. The molecular weight excluding hydrogens is 361 g/mol. The van der Waals surface area contributed by atoms with Gasteiger partial charge in [-0.1, -0.05) is 11.6 Å². The van der Waals surface area contributed by atoms with Gasteiger partial charge in [-0.15, -0.1) is 0 Å². The maximum atomic E-state index is 13.6. The molecule has 20 heavy (non-hydrogen) atoms. The Bertz CT molecular complexity index is 701. The minimum absolute atomic E-state index is 0.0734. The SMILES string of the molecule is O=[N+]([O-])c1c(Cl)ncnc1Nc1cc(F)c(Br)cc1F. The number of hydrogen-bond donors (Lipinski definition) is 1. The fourth-order valence-electron chi connectivity index (χ4n) is 1.36. The van der Waals surface area contributed by atoms with Crippen molar-refractivity contribution in [3.8, 4) is 0 Å². The number of nitro groups is 1. The summed E-state index contributed by atoms with van der Waals surface area (Å²) in [5.41, 5.74) is -0.944. The maximum Gasteiger partial charge on any atom is 0.348 e. The molecule has 104 valence electrons. The van der Waals surface area contributed by atoms with E-state index in [9.17, 15) is 18.9 Å². The topological polar surface area (TPSA) is 81.0 Å². The third-order valence-electron chi connectivity index (χ3n) is 2.22. The van der Waals surface area contributed by atoms with Gasteiger partial charge in [0.2, 0.25) is 11.0 Å². The Morgan fingerprint density at radius 3 is 2.65 bits per heavy atom. The van der Waals surface area contributed by atoms with Gasteiger partial charge < -0.3 is 5.32 Å². The van der Waals surface area contributed by atoms with Crippen LogP contribution in [0.5, 0.6) is 0 Å². The molecule has 0 saturated carbocycles. The molecule has 0 atom stereocenters. The van der Waals surface area contributed by atoms with Gasteiger partial charge in [-0.25, -0.2) is 18.7 Å². The first-order valence-corrected chi connectivity index (χ1v) is 6.13. The highest BCUT2D eigenvalue weighted by atomic mass is 79.9. The lowest BCUT2D eigenvalue weighted by molar-refractivity contribution is -0.384. The number of halogens is 4. The summed E-state index contributed by atoms with van der Waals surface area (Å²) in [6.07, 6.45) is 0.963. The number of benzene rings is 1.